The lowest BCUT2D eigenvalue weighted by Gasteiger charge is -2.38. The van der Waals surface area contributed by atoms with Crippen molar-refractivity contribution in [3.63, 3.8) is 0 Å². The van der Waals surface area contributed by atoms with E-state index in [2.05, 4.69) is 31.3 Å². The number of aromatic nitrogens is 2. The molecule has 1 aromatic heterocycles. The van der Waals surface area contributed by atoms with Crippen LogP contribution in [0.25, 0.3) is 0 Å². The van der Waals surface area contributed by atoms with Crippen molar-refractivity contribution in [1.29, 1.82) is 5.26 Å². The van der Waals surface area contributed by atoms with Gasteiger partial charge in [0.25, 0.3) is 0 Å². The molecule has 2 saturated heterocycles. The molecule has 4 rings (SSSR count). The van der Waals surface area contributed by atoms with Gasteiger partial charge >= 0.3 is 0 Å². The molecule has 4 atom stereocenters. The number of methoxy groups -OCH3 is 1. The number of piperidine rings is 1. The van der Waals surface area contributed by atoms with Crippen LogP contribution in [-0.4, -0.2) is 53.4 Å². The predicted octanol–water partition coefficient (Wildman–Crippen LogP) is 0.627. The average molecular weight is 412 g/mol. The summed E-state index contributed by atoms with van der Waals surface area (Å²) in [5.74, 6) is -0.455. The summed E-state index contributed by atoms with van der Waals surface area (Å²) >= 11 is 0. The summed E-state index contributed by atoms with van der Waals surface area (Å²) in [5, 5.41) is 20.3. The zero-order valence-electron chi connectivity index (χ0n) is 16.4. The van der Waals surface area contributed by atoms with Gasteiger partial charge in [0, 0.05) is 19.5 Å². The van der Waals surface area contributed by atoms with E-state index in [0.29, 0.717) is 17.9 Å². The Hall–Kier alpha value is -3.49. The highest BCUT2D eigenvalue weighted by molar-refractivity contribution is 5.82. The summed E-state index contributed by atoms with van der Waals surface area (Å²) in [6, 6.07) is 6.23. The number of carbonyl (C=O) groups excluding carboxylic acids is 1. The Morgan fingerprint density at radius 3 is 2.97 bits per heavy atom. The maximum atomic E-state index is 14.1. The third-order valence-electron chi connectivity index (χ3n) is 5.19. The van der Waals surface area contributed by atoms with Crippen LogP contribution in [0.15, 0.2) is 30.6 Å². The molecular formula is C19H21FN8O2. The standard InChI is InChI=1S/C19H21FN8O2/c1-28-19(29)16-13(24-12-5-3-4-11(20)17(12)30-2)6-14(26-18(16)27-28)25-15-9-22-8-10(7-21)23-15/h3-5,8-9,13-14,16,18,24,26-27H,6H2,1-2H3,(H,23,25). The monoisotopic (exact) mass is 412 g/mol. The van der Waals surface area contributed by atoms with Crippen molar-refractivity contribution in [2.75, 3.05) is 24.8 Å². The van der Waals surface area contributed by atoms with Crippen molar-refractivity contribution in [2.45, 2.75) is 24.8 Å². The number of hydrazine groups is 1. The van der Waals surface area contributed by atoms with E-state index < -0.39 is 11.7 Å². The molecule has 2 aliphatic rings. The normalized spacial score (nSPS) is 25.4. The summed E-state index contributed by atoms with van der Waals surface area (Å²) in [6.07, 6.45) is 2.73. The van der Waals surface area contributed by atoms with Crippen molar-refractivity contribution in [1.82, 2.24) is 25.7 Å². The lowest BCUT2D eigenvalue weighted by molar-refractivity contribution is -0.131. The van der Waals surface area contributed by atoms with Crippen LogP contribution in [0.5, 0.6) is 5.75 Å². The molecule has 11 heteroatoms. The van der Waals surface area contributed by atoms with E-state index in [1.807, 2.05) is 6.07 Å². The molecule has 30 heavy (non-hydrogen) atoms. The number of carbonyl (C=O) groups is 1. The van der Waals surface area contributed by atoms with E-state index in [4.69, 9.17) is 10.00 Å². The van der Waals surface area contributed by atoms with Crippen molar-refractivity contribution < 1.29 is 13.9 Å². The smallest absolute Gasteiger partial charge is 0.244 e. The zero-order chi connectivity index (χ0) is 21.3. The molecule has 156 valence electrons. The second kappa shape index (κ2) is 8.10. The van der Waals surface area contributed by atoms with E-state index in [0.717, 1.165) is 0 Å². The first-order valence-electron chi connectivity index (χ1n) is 9.37. The van der Waals surface area contributed by atoms with E-state index >= 15 is 0 Å². The maximum Gasteiger partial charge on any atom is 0.244 e. The number of anilines is 2. The molecule has 2 aliphatic heterocycles. The number of para-hydroxylation sites is 1. The molecule has 2 aromatic rings. The Labute approximate surface area is 172 Å². The van der Waals surface area contributed by atoms with E-state index in [9.17, 15) is 9.18 Å². The number of rotatable bonds is 5. The number of ether oxygens (including phenoxy) is 1. The lowest BCUT2D eigenvalue weighted by Crippen LogP contribution is -2.60. The van der Waals surface area contributed by atoms with Gasteiger partial charge < -0.3 is 15.4 Å². The third-order valence-corrected chi connectivity index (χ3v) is 5.19. The highest BCUT2D eigenvalue weighted by Crippen LogP contribution is 2.33. The number of nitrogens with one attached hydrogen (secondary N) is 4. The quantitative estimate of drug-likeness (QED) is 0.559. The SMILES string of the molecule is COc1c(F)cccc1NC1CC(Nc2cncc(C#N)n2)NC2NN(C)C(=O)C12. The molecule has 3 heterocycles. The van der Waals surface area contributed by atoms with Gasteiger partial charge in [-0.15, -0.1) is 0 Å². The fourth-order valence-corrected chi connectivity index (χ4v) is 3.90. The first kappa shape index (κ1) is 19.8. The summed E-state index contributed by atoms with van der Waals surface area (Å²) in [6.45, 7) is 0. The third kappa shape index (κ3) is 3.70. The van der Waals surface area contributed by atoms with Crippen LogP contribution in [0.1, 0.15) is 12.1 Å². The summed E-state index contributed by atoms with van der Waals surface area (Å²) < 4.78 is 19.3. The Morgan fingerprint density at radius 2 is 2.20 bits per heavy atom. The maximum absolute atomic E-state index is 14.1. The van der Waals surface area contributed by atoms with Gasteiger partial charge in [0.2, 0.25) is 5.91 Å². The molecule has 4 unspecified atom stereocenters. The Kier molecular flexibility index (Phi) is 5.35. The van der Waals surface area contributed by atoms with Crippen LogP contribution in [-0.2, 0) is 4.79 Å². The van der Waals surface area contributed by atoms with Gasteiger partial charge in [-0.1, -0.05) is 6.07 Å². The minimum Gasteiger partial charge on any atom is -0.492 e. The fourth-order valence-electron chi connectivity index (χ4n) is 3.90. The molecule has 2 fully saturated rings. The van der Waals surface area contributed by atoms with E-state index in [1.54, 1.807) is 19.2 Å². The predicted molar refractivity (Wildman–Crippen MR) is 105 cm³/mol. The van der Waals surface area contributed by atoms with E-state index in [-0.39, 0.29) is 35.7 Å². The minimum atomic E-state index is -0.487. The molecule has 0 aliphatic carbocycles. The topological polar surface area (TPSA) is 127 Å². The lowest BCUT2D eigenvalue weighted by atomic mass is 9.88. The number of benzene rings is 1. The van der Waals surface area contributed by atoms with Gasteiger partial charge in [-0.05, 0) is 12.1 Å². The van der Waals surface area contributed by atoms with E-state index in [1.165, 1.54) is 30.6 Å². The molecule has 0 saturated carbocycles. The highest BCUT2D eigenvalue weighted by atomic mass is 19.1. The number of hydrogen-bond donors (Lipinski definition) is 4. The second-order valence-corrected chi connectivity index (χ2v) is 7.10. The van der Waals surface area contributed by atoms with Crippen LogP contribution in [0.4, 0.5) is 15.9 Å². The van der Waals surface area contributed by atoms with Gasteiger partial charge in [0.1, 0.15) is 11.9 Å². The number of nitrogens with zero attached hydrogens (tertiary/aromatic N) is 4. The molecular weight excluding hydrogens is 391 g/mol. The first-order chi connectivity index (χ1) is 14.5. The van der Waals surface area contributed by atoms with Crippen LogP contribution < -0.4 is 26.1 Å². The fraction of sp³-hybridized carbons (Fsp3) is 0.368. The van der Waals surface area contributed by atoms with Gasteiger partial charge in [0.15, 0.2) is 17.3 Å². The number of nitriles is 1. The van der Waals surface area contributed by atoms with Crippen molar-refractivity contribution in [3.05, 3.63) is 42.1 Å². The summed E-state index contributed by atoms with van der Waals surface area (Å²) in [7, 11) is 3.06. The molecule has 0 bridgehead atoms. The number of amides is 1. The van der Waals surface area contributed by atoms with Gasteiger partial charge in [-0.2, -0.15) is 5.26 Å². The number of fused-ring (bicyclic) bond motifs is 1. The number of hydrogen-bond acceptors (Lipinski definition) is 9. The minimum absolute atomic E-state index is 0.0786. The summed E-state index contributed by atoms with van der Waals surface area (Å²) in [5.41, 5.74) is 3.76. The Bertz CT molecular complexity index is 997. The van der Waals surface area contributed by atoms with Crippen LogP contribution in [0, 0.1) is 23.1 Å². The molecule has 0 spiro atoms. The number of halogens is 1. The largest absolute Gasteiger partial charge is 0.492 e. The molecule has 0 radical (unpaired) electrons. The highest BCUT2D eigenvalue weighted by Gasteiger charge is 2.48. The second-order valence-electron chi connectivity index (χ2n) is 7.10. The van der Waals surface area contributed by atoms with Crippen molar-refractivity contribution in [2.24, 2.45) is 5.92 Å². The molecule has 1 aromatic carbocycles. The van der Waals surface area contributed by atoms with Crippen molar-refractivity contribution in [3.8, 4) is 11.8 Å². The Morgan fingerprint density at radius 1 is 1.37 bits per heavy atom. The van der Waals surface area contributed by atoms with Gasteiger partial charge in [-0.3, -0.25) is 20.1 Å². The summed E-state index contributed by atoms with van der Waals surface area (Å²) in [4.78, 5) is 20.9. The zero-order valence-corrected chi connectivity index (χ0v) is 16.4. The van der Waals surface area contributed by atoms with Gasteiger partial charge in [0.05, 0.1) is 43.4 Å². The van der Waals surface area contributed by atoms with Crippen LogP contribution >= 0.6 is 0 Å². The van der Waals surface area contributed by atoms with Crippen LogP contribution in [0.2, 0.25) is 0 Å². The first-order valence-corrected chi connectivity index (χ1v) is 9.37. The molecule has 4 N–H and O–H groups in total. The van der Waals surface area contributed by atoms with Crippen LogP contribution in [0.3, 0.4) is 0 Å². The average Bonchev–Trinajstić information content (AvgIpc) is 3.02. The van der Waals surface area contributed by atoms with Gasteiger partial charge in [-0.25, -0.2) is 14.8 Å². The van der Waals surface area contributed by atoms with Crippen molar-refractivity contribution >= 4 is 17.4 Å². The molecule has 10 nitrogen and oxygen atoms in total. The molecule has 1 amide bonds. The Balaban J connectivity index is 1.59.